The minimum atomic E-state index is 0.0738. The average molecular weight is 489 g/mol. The predicted molar refractivity (Wildman–Crippen MR) is 136 cm³/mol. The first-order chi connectivity index (χ1) is 16.6. The number of hydrogen-bond acceptors (Lipinski definition) is 6. The number of piperazine rings is 1. The van der Waals surface area contributed by atoms with Crippen LogP contribution in [0.4, 0.5) is 5.95 Å². The van der Waals surface area contributed by atoms with Gasteiger partial charge in [0.25, 0.3) is 5.91 Å². The van der Waals surface area contributed by atoms with Crippen molar-refractivity contribution in [2.45, 2.75) is 6.92 Å². The van der Waals surface area contributed by atoms with Crippen LogP contribution in [-0.2, 0) is 0 Å². The van der Waals surface area contributed by atoms with Crippen LogP contribution in [0.5, 0.6) is 0 Å². The third-order valence-corrected chi connectivity index (χ3v) is 7.35. The molecule has 170 valence electrons. The van der Waals surface area contributed by atoms with Crippen LogP contribution >= 0.6 is 22.9 Å². The van der Waals surface area contributed by atoms with Gasteiger partial charge < -0.3 is 9.80 Å². The lowest BCUT2D eigenvalue weighted by Crippen LogP contribution is -2.49. The largest absolute Gasteiger partial charge is 0.338 e. The Hall–Kier alpha value is -3.49. The van der Waals surface area contributed by atoms with E-state index in [-0.39, 0.29) is 5.91 Å². The van der Waals surface area contributed by atoms with Gasteiger partial charge in [0.1, 0.15) is 0 Å². The molecule has 1 amide bonds. The molecule has 1 aliphatic rings. The number of rotatable bonds is 3. The Morgan fingerprint density at radius 2 is 1.82 bits per heavy atom. The van der Waals surface area contributed by atoms with Crippen LogP contribution in [0, 0.1) is 6.92 Å². The number of anilines is 1. The molecule has 0 atom stereocenters. The fourth-order valence-corrected chi connectivity index (χ4v) is 5.33. The first kappa shape index (κ1) is 21.1. The average Bonchev–Trinajstić information content (AvgIpc) is 3.54. The minimum Gasteiger partial charge on any atom is -0.338 e. The van der Waals surface area contributed by atoms with E-state index in [4.69, 9.17) is 16.6 Å². The van der Waals surface area contributed by atoms with Gasteiger partial charge >= 0.3 is 0 Å². The number of carbonyl (C=O) groups is 1. The van der Waals surface area contributed by atoms with E-state index in [1.165, 1.54) is 0 Å². The van der Waals surface area contributed by atoms with E-state index in [0.717, 1.165) is 44.3 Å². The second kappa shape index (κ2) is 8.38. The Bertz CT molecular complexity index is 1520. The Balaban J connectivity index is 1.39. The van der Waals surface area contributed by atoms with Crippen LogP contribution in [0.25, 0.3) is 27.3 Å². The summed E-state index contributed by atoms with van der Waals surface area (Å²) in [7, 11) is 0. The summed E-state index contributed by atoms with van der Waals surface area (Å²) in [5.41, 5.74) is 3.28. The number of aryl methyl sites for hydroxylation is 1. The van der Waals surface area contributed by atoms with Crippen molar-refractivity contribution in [3.63, 3.8) is 0 Å². The van der Waals surface area contributed by atoms with Crippen molar-refractivity contribution in [1.82, 2.24) is 24.5 Å². The lowest BCUT2D eigenvalue weighted by Gasteiger charge is -2.35. The molecule has 5 aromatic rings. The molecular weight excluding hydrogens is 468 g/mol. The van der Waals surface area contributed by atoms with E-state index in [1.54, 1.807) is 11.3 Å². The van der Waals surface area contributed by atoms with Crippen molar-refractivity contribution in [2.75, 3.05) is 31.1 Å². The molecule has 3 aromatic heterocycles. The second-order valence-electron chi connectivity index (χ2n) is 8.33. The van der Waals surface area contributed by atoms with Crippen LogP contribution in [0.1, 0.15) is 15.9 Å². The molecule has 1 fully saturated rings. The van der Waals surface area contributed by atoms with Crippen molar-refractivity contribution in [3.05, 3.63) is 76.1 Å². The van der Waals surface area contributed by atoms with E-state index in [2.05, 4.69) is 15.1 Å². The smallest absolute Gasteiger partial charge is 0.254 e. The maximum absolute atomic E-state index is 13.1. The fourth-order valence-electron chi connectivity index (χ4n) is 4.46. The number of carbonyl (C=O) groups excluding carboxylic acids is 1. The fraction of sp³-hybridized carbons (Fsp3) is 0.200. The lowest BCUT2D eigenvalue weighted by molar-refractivity contribution is 0.0745. The molecule has 0 aliphatic carbocycles. The van der Waals surface area contributed by atoms with Gasteiger partial charge in [-0.25, -0.2) is 9.38 Å². The number of thiophene rings is 1. The van der Waals surface area contributed by atoms with E-state index < -0.39 is 0 Å². The highest BCUT2D eigenvalue weighted by Gasteiger charge is 2.27. The predicted octanol–water partition coefficient (Wildman–Crippen LogP) is 4.93. The number of nitrogens with zero attached hydrogens (tertiary/aromatic N) is 6. The van der Waals surface area contributed by atoms with Crippen LogP contribution in [-0.4, -0.2) is 56.6 Å². The Labute approximate surface area is 205 Å². The number of fused-ring (bicyclic) bond motifs is 3. The highest BCUT2D eigenvalue weighted by atomic mass is 35.5. The first-order valence-corrected chi connectivity index (χ1v) is 12.3. The van der Waals surface area contributed by atoms with Crippen LogP contribution in [0.3, 0.4) is 0 Å². The Morgan fingerprint density at radius 1 is 1.00 bits per heavy atom. The van der Waals surface area contributed by atoms with Gasteiger partial charge in [-0.05, 0) is 48.2 Å². The quantitative estimate of drug-likeness (QED) is 0.360. The molecule has 6 rings (SSSR count). The molecule has 0 N–H and O–H groups in total. The summed E-state index contributed by atoms with van der Waals surface area (Å²) >= 11 is 7.90. The zero-order valence-corrected chi connectivity index (χ0v) is 20.1. The van der Waals surface area contributed by atoms with E-state index in [0.29, 0.717) is 31.2 Å². The summed E-state index contributed by atoms with van der Waals surface area (Å²) in [4.78, 5) is 23.3. The molecule has 7 nitrogen and oxygen atoms in total. The first-order valence-electron chi connectivity index (χ1n) is 11.1. The number of benzene rings is 2. The van der Waals surface area contributed by atoms with E-state index in [9.17, 15) is 4.79 Å². The Morgan fingerprint density at radius 3 is 2.59 bits per heavy atom. The number of hydrogen-bond donors (Lipinski definition) is 0. The van der Waals surface area contributed by atoms with Gasteiger partial charge in [0.05, 0.1) is 10.4 Å². The lowest BCUT2D eigenvalue weighted by atomic mass is 10.1. The highest BCUT2D eigenvalue weighted by molar-refractivity contribution is 7.13. The molecule has 1 saturated heterocycles. The molecule has 34 heavy (non-hydrogen) atoms. The molecular formula is C25H21ClN6OS. The van der Waals surface area contributed by atoms with Crippen LogP contribution < -0.4 is 4.90 Å². The third-order valence-electron chi connectivity index (χ3n) is 6.25. The number of amides is 1. The molecule has 4 heterocycles. The summed E-state index contributed by atoms with van der Waals surface area (Å²) in [5.74, 6) is 1.61. The zero-order chi connectivity index (χ0) is 23.2. The third kappa shape index (κ3) is 3.50. The van der Waals surface area contributed by atoms with Crippen molar-refractivity contribution in [2.24, 2.45) is 0 Å². The Kier molecular flexibility index (Phi) is 5.19. The molecule has 9 heteroatoms. The summed E-state index contributed by atoms with van der Waals surface area (Å²) in [6.45, 7) is 4.52. The van der Waals surface area contributed by atoms with Gasteiger partial charge in [0.2, 0.25) is 5.95 Å². The van der Waals surface area contributed by atoms with Gasteiger partial charge in [0.15, 0.2) is 11.5 Å². The van der Waals surface area contributed by atoms with Crippen molar-refractivity contribution in [1.29, 1.82) is 0 Å². The van der Waals surface area contributed by atoms with E-state index in [1.807, 2.05) is 76.2 Å². The summed E-state index contributed by atoms with van der Waals surface area (Å²) in [6, 6.07) is 17.4. The normalized spacial score (nSPS) is 14.3. The molecule has 0 bridgehead atoms. The minimum absolute atomic E-state index is 0.0738. The maximum Gasteiger partial charge on any atom is 0.254 e. The highest BCUT2D eigenvalue weighted by Crippen LogP contribution is 2.32. The monoisotopic (exact) mass is 488 g/mol. The van der Waals surface area contributed by atoms with Gasteiger partial charge in [-0.2, -0.15) is 0 Å². The van der Waals surface area contributed by atoms with Crippen molar-refractivity contribution < 1.29 is 4.79 Å². The number of aromatic nitrogens is 4. The SMILES string of the molecule is Cc1ccccc1C(=O)N1CCN(c2nc3cc(Cl)ccc3c3nnc(-c4cccs4)n23)CC1. The number of halogens is 1. The maximum atomic E-state index is 13.1. The molecule has 0 radical (unpaired) electrons. The molecule has 2 aromatic carbocycles. The standard InChI is InChI=1S/C25H21ClN6OS/c1-16-5-2-3-6-18(16)24(33)30-10-12-31(13-11-30)25-27-20-15-17(26)8-9-19(20)22-28-29-23(32(22)25)21-7-4-14-34-21/h2-9,14-15H,10-13H2,1H3. The van der Waals surface area contributed by atoms with Crippen molar-refractivity contribution in [3.8, 4) is 10.7 Å². The topological polar surface area (TPSA) is 66.6 Å². The molecule has 0 spiro atoms. The molecule has 0 unspecified atom stereocenters. The van der Waals surface area contributed by atoms with Crippen LogP contribution in [0.2, 0.25) is 5.02 Å². The summed E-state index contributed by atoms with van der Waals surface area (Å²) < 4.78 is 2.03. The second-order valence-corrected chi connectivity index (χ2v) is 9.71. The molecule has 0 saturated carbocycles. The van der Waals surface area contributed by atoms with Gasteiger partial charge in [0, 0.05) is 42.2 Å². The molecule has 1 aliphatic heterocycles. The van der Waals surface area contributed by atoms with Gasteiger partial charge in [-0.1, -0.05) is 35.9 Å². The van der Waals surface area contributed by atoms with Crippen LogP contribution in [0.15, 0.2) is 60.0 Å². The zero-order valence-electron chi connectivity index (χ0n) is 18.5. The summed E-state index contributed by atoms with van der Waals surface area (Å²) in [6.07, 6.45) is 0. The van der Waals surface area contributed by atoms with Crippen molar-refractivity contribution >= 4 is 51.3 Å². The van der Waals surface area contributed by atoms with E-state index >= 15 is 0 Å². The van der Waals surface area contributed by atoms with Gasteiger partial charge in [-0.3, -0.25) is 4.79 Å². The van der Waals surface area contributed by atoms with Gasteiger partial charge in [-0.15, -0.1) is 21.5 Å². The summed E-state index contributed by atoms with van der Waals surface area (Å²) in [5, 5.41) is 12.6.